The summed E-state index contributed by atoms with van der Waals surface area (Å²) in [7, 11) is 5.60. The smallest absolute Gasteiger partial charge is 0.315 e. The minimum atomic E-state index is -1.09. The summed E-state index contributed by atoms with van der Waals surface area (Å²) >= 11 is 11.9. The van der Waals surface area contributed by atoms with Crippen molar-refractivity contribution in [3.63, 3.8) is 0 Å². The molecule has 0 saturated heterocycles. The molecule has 0 heterocycles. The van der Waals surface area contributed by atoms with Crippen molar-refractivity contribution in [1.29, 1.82) is 0 Å². The molecule has 1 aliphatic rings. The molecule has 7 heteroatoms. The number of nitrogens with zero attached hydrogens (tertiary/aromatic N) is 2. The third-order valence-electron chi connectivity index (χ3n) is 4.33. The zero-order valence-corrected chi connectivity index (χ0v) is 15.8. The molecule has 0 spiro atoms. The van der Waals surface area contributed by atoms with Crippen LogP contribution in [-0.2, 0) is 20.9 Å². The van der Waals surface area contributed by atoms with E-state index in [2.05, 4.69) is 0 Å². The van der Waals surface area contributed by atoms with E-state index in [1.807, 2.05) is 43.3 Å². The maximum absolute atomic E-state index is 12.1. The van der Waals surface area contributed by atoms with Gasteiger partial charge in [0, 0.05) is 39.8 Å². The summed E-state index contributed by atoms with van der Waals surface area (Å²) in [6.07, 6.45) is 0.337. The SMILES string of the molecule is CN(Cc1ccc(N(C)C)cc1)C(=O)COC(=O)C1(C)CC1(Cl)Cl. The van der Waals surface area contributed by atoms with E-state index in [4.69, 9.17) is 27.9 Å². The molecule has 5 nitrogen and oxygen atoms in total. The van der Waals surface area contributed by atoms with Crippen molar-refractivity contribution in [2.24, 2.45) is 5.41 Å². The van der Waals surface area contributed by atoms with Gasteiger partial charge in [-0.15, -0.1) is 23.2 Å². The van der Waals surface area contributed by atoms with Gasteiger partial charge in [0.2, 0.25) is 0 Å². The first-order valence-electron chi connectivity index (χ1n) is 7.62. The first-order valence-corrected chi connectivity index (χ1v) is 8.38. The molecule has 24 heavy (non-hydrogen) atoms. The molecule has 0 N–H and O–H groups in total. The lowest BCUT2D eigenvalue weighted by atomic mass is 10.1. The number of anilines is 1. The van der Waals surface area contributed by atoms with Crippen LogP contribution in [0.15, 0.2) is 24.3 Å². The number of rotatable bonds is 6. The van der Waals surface area contributed by atoms with Gasteiger partial charge in [-0.1, -0.05) is 12.1 Å². The zero-order chi connectivity index (χ0) is 18.1. The van der Waals surface area contributed by atoms with Crippen molar-refractivity contribution in [1.82, 2.24) is 4.90 Å². The van der Waals surface area contributed by atoms with E-state index in [1.165, 1.54) is 4.90 Å². The van der Waals surface area contributed by atoms with Crippen LogP contribution in [0, 0.1) is 5.41 Å². The van der Waals surface area contributed by atoms with E-state index in [0.717, 1.165) is 11.3 Å². The average molecular weight is 373 g/mol. The standard InChI is InChI=1S/C17H22Cl2N2O3/c1-16(11-17(16,18)19)15(23)24-10-14(22)21(4)9-12-5-7-13(8-6-12)20(2)3/h5-8H,9-11H2,1-4H3. The molecule has 0 aromatic heterocycles. The lowest BCUT2D eigenvalue weighted by Gasteiger charge is -2.19. The van der Waals surface area contributed by atoms with Gasteiger partial charge < -0.3 is 14.5 Å². The van der Waals surface area contributed by atoms with Gasteiger partial charge in [0.05, 0.1) is 0 Å². The Hall–Kier alpha value is -1.46. The Balaban J connectivity index is 1.83. The highest BCUT2D eigenvalue weighted by Gasteiger charge is 2.69. The number of amides is 1. The Labute approximate surface area is 152 Å². The lowest BCUT2D eigenvalue weighted by molar-refractivity contribution is -0.156. The Kier molecular flexibility index (Phi) is 5.35. The number of alkyl halides is 2. The van der Waals surface area contributed by atoms with Gasteiger partial charge in [-0.3, -0.25) is 9.59 Å². The van der Waals surface area contributed by atoms with Crippen LogP contribution < -0.4 is 4.90 Å². The zero-order valence-electron chi connectivity index (χ0n) is 14.3. The second kappa shape index (κ2) is 6.81. The maximum atomic E-state index is 12.1. The summed E-state index contributed by atoms with van der Waals surface area (Å²) in [5.41, 5.74) is 1.17. The highest BCUT2D eigenvalue weighted by molar-refractivity contribution is 6.53. The molecule has 1 aromatic rings. The van der Waals surface area contributed by atoms with E-state index < -0.39 is 15.7 Å². The van der Waals surface area contributed by atoms with E-state index >= 15 is 0 Å². The van der Waals surface area contributed by atoms with Crippen LogP contribution in [-0.4, -0.2) is 48.9 Å². The third-order valence-corrected chi connectivity index (χ3v) is 5.43. The fourth-order valence-electron chi connectivity index (χ4n) is 2.28. The molecule has 0 bridgehead atoms. The summed E-state index contributed by atoms with van der Waals surface area (Å²) in [6, 6.07) is 7.90. The largest absolute Gasteiger partial charge is 0.455 e. The number of benzene rings is 1. The number of esters is 1. The van der Waals surface area contributed by atoms with Gasteiger partial charge in [0.1, 0.15) is 9.75 Å². The molecule has 1 aromatic carbocycles. The Bertz CT molecular complexity index is 631. The van der Waals surface area contributed by atoms with Gasteiger partial charge in [0.15, 0.2) is 6.61 Å². The lowest BCUT2D eigenvalue weighted by Crippen LogP contribution is -2.32. The van der Waals surface area contributed by atoms with Gasteiger partial charge in [0.25, 0.3) is 5.91 Å². The normalized spacial score (nSPS) is 21.1. The van der Waals surface area contributed by atoms with Crippen molar-refractivity contribution in [3.05, 3.63) is 29.8 Å². The van der Waals surface area contributed by atoms with Crippen molar-refractivity contribution in [2.45, 2.75) is 24.2 Å². The summed E-state index contributed by atoms with van der Waals surface area (Å²) in [5, 5.41) is 0. The van der Waals surface area contributed by atoms with Gasteiger partial charge in [-0.2, -0.15) is 0 Å². The van der Waals surface area contributed by atoms with Crippen molar-refractivity contribution in [2.75, 3.05) is 32.6 Å². The van der Waals surface area contributed by atoms with E-state index in [1.54, 1.807) is 14.0 Å². The van der Waals surface area contributed by atoms with Gasteiger partial charge in [-0.05, 0) is 24.6 Å². The van der Waals surface area contributed by atoms with Crippen LogP contribution in [0.25, 0.3) is 0 Å². The third kappa shape index (κ3) is 3.95. The summed E-state index contributed by atoms with van der Waals surface area (Å²) in [4.78, 5) is 27.6. The molecule has 1 aliphatic carbocycles. The molecule has 1 fully saturated rings. The van der Waals surface area contributed by atoms with Crippen LogP contribution in [0.3, 0.4) is 0 Å². The number of hydrogen-bond acceptors (Lipinski definition) is 4. The fourth-order valence-corrected chi connectivity index (χ4v) is 2.97. The van der Waals surface area contributed by atoms with Crippen molar-refractivity contribution >= 4 is 40.8 Å². The average Bonchev–Trinajstić information content (AvgIpc) is 3.04. The van der Waals surface area contributed by atoms with Crippen molar-refractivity contribution in [3.8, 4) is 0 Å². The van der Waals surface area contributed by atoms with E-state index in [0.29, 0.717) is 13.0 Å². The number of ether oxygens (including phenoxy) is 1. The topological polar surface area (TPSA) is 49.9 Å². The molecule has 1 atom stereocenters. The van der Waals surface area contributed by atoms with Crippen LogP contribution in [0.5, 0.6) is 0 Å². The minimum absolute atomic E-state index is 0.279. The number of carbonyl (C=O) groups excluding carboxylic acids is 2. The number of carbonyl (C=O) groups is 2. The first-order chi connectivity index (χ1) is 11.1. The molecular formula is C17H22Cl2N2O3. The van der Waals surface area contributed by atoms with Crippen LogP contribution in [0.4, 0.5) is 5.69 Å². The molecule has 1 saturated carbocycles. The number of halogens is 2. The molecular weight excluding hydrogens is 351 g/mol. The molecule has 2 rings (SSSR count). The molecule has 1 amide bonds. The van der Waals surface area contributed by atoms with Gasteiger partial charge in [-0.25, -0.2) is 0 Å². The van der Waals surface area contributed by atoms with Crippen molar-refractivity contribution < 1.29 is 14.3 Å². The maximum Gasteiger partial charge on any atom is 0.315 e. The molecule has 0 aliphatic heterocycles. The second-order valence-electron chi connectivity index (χ2n) is 6.60. The van der Waals surface area contributed by atoms with Gasteiger partial charge >= 0.3 is 5.97 Å². The number of likely N-dealkylation sites (N-methyl/N-ethyl adjacent to an activating group) is 1. The summed E-state index contributed by atoms with van der Waals surface area (Å²) in [5.74, 6) is -0.816. The highest BCUT2D eigenvalue weighted by Crippen LogP contribution is 2.64. The highest BCUT2D eigenvalue weighted by atomic mass is 35.5. The van der Waals surface area contributed by atoms with Crippen LogP contribution in [0.2, 0.25) is 0 Å². The van der Waals surface area contributed by atoms with E-state index in [9.17, 15) is 9.59 Å². The molecule has 1 unspecified atom stereocenters. The van der Waals surface area contributed by atoms with Crippen LogP contribution in [0.1, 0.15) is 18.9 Å². The molecule has 0 radical (unpaired) electrons. The molecule has 132 valence electrons. The first kappa shape index (κ1) is 18.9. The van der Waals surface area contributed by atoms with Crippen LogP contribution >= 0.6 is 23.2 Å². The predicted octanol–water partition coefficient (Wildman–Crippen LogP) is 2.84. The minimum Gasteiger partial charge on any atom is -0.455 e. The van der Waals surface area contributed by atoms with E-state index in [-0.39, 0.29) is 12.5 Å². The number of hydrogen-bond donors (Lipinski definition) is 0. The fraction of sp³-hybridized carbons (Fsp3) is 0.529. The quantitative estimate of drug-likeness (QED) is 0.569. The predicted molar refractivity (Wildman–Crippen MR) is 95.4 cm³/mol. The Morgan fingerprint density at radius 1 is 1.17 bits per heavy atom. The summed E-state index contributed by atoms with van der Waals surface area (Å²) < 4.78 is 3.98. The summed E-state index contributed by atoms with van der Waals surface area (Å²) in [6.45, 7) is 1.76. The Morgan fingerprint density at radius 2 is 1.71 bits per heavy atom. The second-order valence-corrected chi connectivity index (χ2v) is 8.08. The Morgan fingerprint density at radius 3 is 2.17 bits per heavy atom. The monoisotopic (exact) mass is 372 g/mol.